The molecule has 0 spiro atoms. The molecule has 3 rings (SSSR count). The first-order chi connectivity index (χ1) is 10.8. The summed E-state index contributed by atoms with van der Waals surface area (Å²) < 4.78 is 0.930. The first-order valence-corrected chi connectivity index (χ1v) is 7.97. The van der Waals surface area contributed by atoms with Crippen LogP contribution in [-0.2, 0) is 0 Å². The molecule has 1 aliphatic rings. The Kier molecular flexibility index (Phi) is 4.81. The number of hydrazone groups is 1. The van der Waals surface area contributed by atoms with E-state index in [1.54, 1.807) is 6.21 Å². The van der Waals surface area contributed by atoms with Crippen molar-refractivity contribution < 1.29 is 0 Å². The lowest BCUT2D eigenvalue weighted by atomic mass is 10.2. The smallest absolute Gasteiger partial charge is 0.150 e. The van der Waals surface area contributed by atoms with Gasteiger partial charge in [0.2, 0.25) is 0 Å². The van der Waals surface area contributed by atoms with Crippen molar-refractivity contribution in [2.45, 2.75) is 6.42 Å². The van der Waals surface area contributed by atoms with Gasteiger partial charge < -0.3 is 0 Å². The van der Waals surface area contributed by atoms with Crippen molar-refractivity contribution in [2.75, 3.05) is 11.6 Å². The maximum absolute atomic E-state index is 4.54. The van der Waals surface area contributed by atoms with Gasteiger partial charge >= 0.3 is 0 Å². The van der Waals surface area contributed by atoms with Gasteiger partial charge in [0.15, 0.2) is 5.84 Å². The molecular weight excluding hydrogens is 338 g/mol. The average Bonchev–Trinajstić information content (AvgIpc) is 3.04. The minimum atomic E-state index is 0.849. The zero-order valence-electron chi connectivity index (χ0n) is 12.1. The Balaban J connectivity index is 1.67. The number of amidine groups is 1. The average molecular weight is 354 g/mol. The van der Waals surface area contributed by atoms with E-state index in [4.69, 9.17) is 0 Å². The van der Waals surface area contributed by atoms with Crippen molar-refractivity contribution in [1.82, 2.24) is 0 Å². The largest absolute Gasteiger partial charge is 0.263 e. The van der Waals surface area contributed by atoms with Gasteiger partial charge in [-0.3, -0.25) is 5.01 Å². The normalized spacial score (nSPS) is 15.4. The first kappa shape index (κ1) is 14.7. The number of benzene rings is 2. The maximum atomic E-state index is 4.54. The lowest BCUT2D eigenvalue weighted by molar-refractivity contribution is 0.922. The Morgan fingerprint density at radius 1 is 1.05 bits per heavy atom. The molecule has 22 heavy (non-hydrogen) atoms. The van der Waals surface area contributed by atoms with Gasteiger partial charge in [-0.25, -0.2) is 4.99 Å². The standard InChI is InChI=1S/C18H16BrN3/c19-16(13-15-7-3-1-4-8-15)14-20-18-11-12-22(21-18)17-9-5-2-6-10-17/h1-10,13-14H,11-12H2. The summed E-state index contributed by atoms with van der Waals surface area (Å²) in [4.78, 5) is 4.46. The van der Waals surface area contributed by atoms with Gasteiger partial charge in [0.1, 0.15) is 0 Å². The number of nitrogens with zero attached hydrogens (tertiary/aromatic N) is 3. The molecule has 110 valence electrons. The molecule has 0 radical (unpaired) electrons. The maximum Gasteiger partial charge on any atom is 0.150 e. The number of halogens is 1. The minimum Gasteiger partial charge on any atom is -0.263 e. The van der Waals surface area contributed by atoms with E-state index in [2.05, 4.69) is 50.3 Å². The zero-order chi connectivity index (χ0) is 15.2. The number of hydrogen-bond donors (Lipinski definition) is 0. The van der Waals surface area contributed by atoms with Crippen LogP contribution in [0.2, 0.25) is 0 Å². The van der Waals surface area contributed by atoms with E-state index in [0.29, 0.717) is 0 Å². The lowest BCUT2D eigenvalue weighted by Gasteiger charge is -2.11. The van der Waals surface area contributed by atoms with Gasteiger partial charge in [0, 0.05) is 23.7 Å². The zero-order valence-corrected chi connectivity index (χ0v) is 13.6. The Morgan fingerprint density at radius 3 is 2.45 bits per heavy atom. The lowest BCUT2D eigenvalue weighted by Crippen LogP contribution is -2.11. The van der Waals surface area contributed by atoms with E-state index in [1.165, 1.54) is 0 Å². The highest BCUT2D eigenvalue weighted by Gasteiger charge is 2.14. The fourth-order valence-electron chi connectivity index (χ4n) is 2.20. The fourth-order valence-corrected chi connectivity index (χ4v) is 2.57. The van der Waals surface area contributed by atoms with Crippen LogP contribution in [0, 0.1) is 0 Å². The summed E-state index contributed by atoms with van der Waals surface area (Å²) in [5.41, 5.74) is 2.24. The van der Waals surface area contributed by atoms with Crippen LogP contribution in [0.1, 0.15) is 12.0 Å². The van der Waals surface area contributed by atoms with E-state index in [1.807, 2.05) is 47.5 Å². The molecule has 0 amide bonds. The molecule has 3 nitrogen and oxygen atoms in total. The topological polar surface area (TPSA) is 28.0 Å². The van der Waals surface area contributed by atoms with E-state index in [0.717, 1.165) is 34.5 Å². The molecule has 4 heteroatoms. The Labute approximate surface area is 138 Å². The van der Waals surface area contributed by atoms with Gasteiger partial charge in [0.25, 0.3) is 0 Å². The van der Waals surface area contributed by atoms with Crippen molar-refractivity contribution >= 4 is 39.7 Å². The van der Waals surface area contributed by atoms with Crippen molar-refractivity contribution in [3.8, 4) is 0 Å². The van der Waals surface area contributed by atoms with Gasteiger partial charge in [-0.05, 0) is 39.7 Å². The third-order valence-corrected chi connectivity index (χ3v) is 3.71. The van der Waals surface area contributed by atoms with Crippen LogP contribution < -0.4 is 5.01 Å². The van der Waals surface area contributed by atoms with Crippen LogP contribution in [0.3, 0.4) is 0 Å². The second-order valence-corrected chi connectivity index (χ2v) is 5.84. The first-order valence-electron chi connectivity index (χ1n) is 7.18. The van der Waals surface area contributed by atoms with Crippen molar-refractivity contribution in [2.24, 2.45) is 10.1 Å². The van der Waals surface area contributed by atoms with E-state index < -0.39 is 0 Å². The van der Waals surface area contributed by atoms with E-state index in [-0.39, 0.29) is 0 Å². The molecule has 0 aliphatic carbocycles. The van der Waals surface area contributed by atoms with Crippen molar-refractivity contribution in [1.29, 1.82) is 0 Å². The summed E-state index contributed by atoms with van der Waals surface area (Å²) in [5, 5.41) is 6.53. The number of hydrogen-bond acceptors (Lipinski definition) is 3. The predicted molar refractivity (Wildman–Crippen MR) is 97.7 cm³/mol. The van der Waals surface area contributed by atoms with Crippen LogP contribution in [0.15, 0.2) is 75.2 Å². The summed E-state index contributed by atoms with van der Waals surface area (Å²) in [6.45, 7) is 0.872. The number of rotatable bonds is 3. The molecule has 0 unspecified atom stereocenters. The molecule has 0 bridgehead atoms. The van der Waals surface area contributed by atoms with Crippen LogP contribution in [0.4, 0.5) is 5.69 Å². The molecule has 0 aromatic heterocycles. The van der Waals surface area contributed by atoms with Gasteiger partial charge in [-0.15, -0.1) is 0 Å². The Hall–Kier alpha value is -2.20. The number of para-hydroxylation sites is 1. The Bertz CT molecular complexity index is 706. The van der Waals surface area contributed by atoms with Crippen LogP contribution in [0.25, 0.3) is 6.08 Å². The second kappa shape index (κ2) is 7.18. The van der Waals surface area contributed by atoms with Gasteiger partial charge in [-0.1, -0.05) is 48.5 Å². The van der Waals surface area contributed by atoms with Gasteiger partial charge in [-0.2, -0.15) is 5.10 Å². The van der Waals surface area contributed by atoms with Crippen LogP contribution >= 0.6 is 15.9 Å². The van der Waals surface area contributed by atoms with Crippen molar-refractivity contribution in [3.63, 3.8) is 0 Å². The highest BCUT2D eigenvalue weighted by Crippen LogP contribution is 2.19. The summed E-state index contributed by atoms with van der Waals surface area (Å²) in [5.74, 6) is 0.849. The highest BCUT2D eigenvalue weighted by atomic mass is 79.9. The second-order valence-electron chi connectivity index (χ2n) is 4.92. The van der Waals surface area contributed by atoms with E-state index >= 15 is 0 Å². The highest BCUT2D eigenvalue weighted by molar-refractivity contribution is 9.12. The monoisotopic (exact) mass is 353 g/mol. The molecule has 0 N–H and O–H groups in total. The Morgan fingerprint density at radius 2 is 1.73 bits per heavy atom. The molecular formula is C18H16BrN3. The SMILES string of the molecule is BrC(C=NC1=NN(c2ccccc2)CC1)=Cc1ccccc1. The fraction of sp³-hybridized carbons (Fsp3) is 0.111. The third kappa shape index (κ3) is 3.92. The third-order valence-electron chi connectivity index (χ3n) is 3.28. The van der Waals surface area contributed by atoms with Crippen LogP contribution in [-0.4, -0.2) is 18.6 Å². The summed E-state index contributed by atoms with van der Waals surface area (Å²) in [6, 6.07) is 20.3. The quantitative estimate of drug-likeness (QED) is 0.733. The van der Waals surface area contributed by atoms with Crippen LogP contribution in [0.5, 0.6) is 0 Å². The molecule has 0 saturated heterocycles. The summed E-state index contributed by atoms with van der Waals surface area (Å²) >= 11 is 3.53. The van der Waals surface area contributed by atoms with E-state index in [9.17, 15) is 0 Å². The number of allylic oxidation sites excluding steroid dienone is 1. The molecule has 2 aromatic rings. The molecule has 0 atom stereocenters. The number of aliphatic imine (C=N–C) groups is 1. The van der Waals surface area contributed by atoms with Crippen molar-refractivity contribution in [3.05, 3.63) is 70.7 Å². The predicted octanol–water partition coefficient (Wildman–Crippen LogP) is 4.72. The summed E-state index contributed by atoms with van der Waals surface area (Å²) in [6.07, 6.45) is 4.70. The number of anilines is 1. The van der Waals surface area contributed by atoms with Gasteiger partial charge in [0.05, 0.1) is 5.69 Å². The summed E-state index contributed by atoms with van der Waals surface area (Å²) in [7, 11) is 0. The molecule has 0 saturated carbocycles. The molecule has 1 heterocycles. The molecule has 1 aliphatic heterocycles. The molecule has 2 aromatic carbocycles. The molecule has 0 fully saturated rings. The minimum absolute atomic E-state index is 0.849.